The number of benzene rings is 1. The summed E-state index contributed by atoms with van der Waals surface area (Å²) in [6, 6.07) is 8.06. The van der Waals surface area contributed by atoms with Crippen molar-refractivity contribution < 1.29 is 5.11 Å². The van der Waals surface area contributed by atoms with Gasteiger partial charge in [0.25, 0.3) is 0 Å². The van der Waals surface area contributed by atoms with E-state index in [4.69, 9.17) is 5.73 Å². The third-order valence-corrected chi connectivity index (χ3v) is 4.40. The van der Waals surface area contributed by atoms with Gasteiger partial charge in [0, 0.05) is 12.0 Å². The van der Waals surface area contributed by atoms with E-state index in [2.05, 4.69) is 0 Å². The van der Waals surface area contributed by atoms with Gasteiger partial charge in [-0.25, -0.2) is 0 Å². The highest BCUT2D eigenvalue weighted by Crippen LogP contribution is 2.53. The Labute approximate surface area is 97.5 Å². The Balaban J connectivity index is 2.42. The van der Waals surface area contributed by atoms with E-state index >= 15 is 0 Å². The minimum Gasteiger partial charge on any atom is -0.385 e. The normalized spacial score (nSPS) is 22.2. The summed E-state index contributed by atoms with van der Waals surface area (Å²) in [6.45, 7) is 4.53. The van der Waals surface area contributed by atoms with Crippen LogP contribution in [0.3, 0.4) is 0 Å². The number of nitrogens with two attached hydrogens (primary N) is 1. The lowest BCUT2D eigenvalue weighted by Crippen LogP contribution is -2.53. The summed E-state index contributed by atoms with van der Waals surface area (Å²) in [7, 11) is 0. The third-order valence-electron chi connectivity index (χ3n) is 4.40. The Kier molecular flexibility index (Phi) is 2.81. The number of hydrogen-bond acceptors (Lipinski definition) is 2. The minimum absolute atomic E-state index is 0.112. The second kappa shape index (κ2) is 3.86. The Hall–Kier alpha value is -0.860. The minimum atomic E-state index is -0.800. The summed E-state index contributed by atoms with van der Waals surface area (Å²) >= 11 is 0. The molecule has 0 heterocycles. The summed E-state index contributed by atoms with van der Waals surface area (Å²) in [4.78, 5) is 0. The molecule has 1 unspecified atom stereocenters. The highest BCUT2D eigenvalue weighted by Gasteiger charge is 2.51. The second-order valence-corrected chi connectivity index (χ2v) is 5.23. The molecular weight excluding hydrogens is 198 g/mol. The fourth-order valence-corrected chi connectivity index (χ4v) is 2.90. The van der Waals surface area contributed by atoms with Crippen LogP contribution in [-0.4, -0.2) is 11.7 Å². The van der Waals surface area contributed by atoms with Crippen LogP contribution in [0.25, 0.3) is 0 Å². The first-order chi connectivity index (χ1) is 7.53. The van der Waals surface area contributed by atoms with E-state index in [-0.39, 0.29) is 5.41 Å². The second-order valence-electron chi connectivity index (χ2n) is 5.23. The Morgan fingerprint density at radius 2 is 2.00 bits per heavy atom. The smallest absolute Gasteiger partial charge is 0.0939 e. The molecule has 0 aliphatic heterocycles. The quantitative estimate of drug-likeness (QED) is 0.819. The van der Waals surface area contributed by atoms with Crippen molar-refractivity contribution in [1.29, 1.82) is 0 Å². The van der Waals surface area contributed by atoms with E-state index in [9.17, 15) is 5.11 Å². The van der Waals surface area contributed by atoms with E-state index in [0.29, 0.717) is 6.54 Å². The molecule has 2 nitrogen and oxygen atoms in total. The monoisotopic (exact) mass is 219 g/mol. The first-order valence-corrected chi connectivity index (χ1v) is 6.02. The molecule has 0 spiro atoms. The summed E-state index contributed by atoms with van der Waals surface area (Å²) in [5.41, 5.74) is 7.14. The largest absolute Gasteiger partial charge is 0.385 e. The van der Waals surface area contributed by atoms with Crippen LogP contribution < -0.4 is 5.73 Å². The molecule has 88 valence electrons. The summed E-state index contributed by atoms with van der Waals surface area (Å²) in [5.74, 6) is 0. The summed E-state index contributed by atoms with van der Waals surface area (Å²) in [5, 5.41) is 10.9. The predicted octanol–water partition coefficient (Wildman–Crippen LogP) is 2.33. The zero-order chi connectivity index (χ0) is 11.8. The number of aliphatic hydroxyl groups is 1. The van der Waals surface area contributed by atoms with Crippen molar-refractivity contribution in [3.63, 3.8) is 0 Å². The average Bonchev–Trinajstić information content (AvgIpc) is 2.16. The van der Waals surface area contributed by atoms with Gasteiger partial charge in [-0.15, -0.1) is 0 Å². The van der Waals surface area contributed by atoms with Crippen molar-refractivity contribution in [2.24, 2.45) is 11.1 Å². The molecule has 0 radical (unpaired) electrons. The molecule has 0 aromatic heterocycles. The van der Waals surface area contributed by atoms with Crippen molar-refractivity contribution >= 4 is 0 Å². The maximum absolute atomic E-state index is 10.9. The van der Waals surface area contributed by atoms with Gasteiger partial charge in [0.15, 0.2) is 0 Å². The van der Waals surface area contributed by atoms with Gasteiger partial charge in [-0.3, -0.25) is 0 Å². The van der Waals surface area contributed by atoms with Crippen molar-refractivity contribution in [2.45, 2.75) is 38.7 Å². The Morgan fingerprint density at radius 3 is 2.44 bits per heavy atom. The molecule has 1 saturated carbocycles. The molecule has 1 atom stereocenters. The maximum atomic E-state index is 10.9. The van der Waals surface area contributed by atoms with Crippen LogP contribution in [0.15, 0.2) is 24.3 Å². The summed E-state index contributed by atoms with van der Waals surface area (Å²) < 4.78 is 0. The zero-order valence-corrected chi connectivity index (χ0v) is 10.2. The van der Waals surface area contributed by atoms with Crippen molar-refractivity contribution in [3.8, 4) is 0 Å². The highest BCUT2D eigenvalue weighted by molar-refractivity contribution is 5.33. The van der Waals surface area contributed by atoms with Crippen LogP contribution in [-0.2, 0) is 5.60 Å². The molecule has 3 N–H and O–H groups in total. The first-order valence-electron chi connectivity index (χ1n) is 6.02. The number of aryl methyl sites for hydroxylation is 1. The molecule has 1 fully saturated rings. The van der Waals surface area contributed by atoms with Gasteiger partial charge in [0.05, 0.1) is 5.60 Å². The van der Waals surface area contributed by atoms with Crippen LogP contribution in [0.4, 0.5) is 0 Å². The van der Waals surface area contributed by atoms with Gasteiger partial charge in [0.2, 0.25) is 0 Å². The number of hydrogen-bond donors (Lipinski definition) is 2. The maximum Gasteiger partial charge on any atom is 0.0939 e. The first kappa shape index (κ1) is 11.6. The van der Waals surface area contributed by atoms with Crippen LogP contribution in [0.1, 0.15) is 37.3 Å². The molecule has 1 aromatic carbocycles. The lowest BCUT2D eigenvalue weighted by Gasteiger charge is -2.52. The molecule has 1 aromatic rings. The van der Waals surface area contributed by atoms with E-state index in [1.165, 1.54) is 6.42 Å². The lowest BCUT2D eigenvalue weighted by molar-refractivity contribution is -0.116. The molecule has 16 heavy (non-hydrogen) atoms. The third kappa shape index (κ3) is 1.48. The van der Waals surface area contributed by atoms with Gasteiger partial charge in [-0.05, 0) is 37.8 Å². The molecule has 0 saturated heterocycles. The van der Waals surface area contributed by atoms with E-state index in [1.54, 1.807) is 0 Å². The van der Waals surface area contributed by atoms with Gasteiger partial charge in [0.1, 0.15) is 0 Å². The van der Waals surface area contributed by atoms with Gasteiger partial charge < -0.3 is 10.8 Å². The van der Waals surface area contributed by atoms with E-state index in [1.807, 2.05) is 38.1 Å². The van der Waals surface area contributed by atoms with Crippen molar-refractivity contribution in [3.05, 3.63) is 35.4 Å². The van der Waals surface area contributed by atoms with Crippen molar-refractivity contribution in [1.82, 2.24) is 0 Å². The molecule has 2 heteroatoms. The van der Waals surface area contributed by atoms with E-state index in [0.717, 1.165) is 24.0 Å². The van der Waals surface area contributed by atoms with Gasteiger partial charge in [-0.1, -0.05) is 30.7 Å². The van der Waals surface area contributed by atoms with Crippen LogP contribution >= 0.6 is 0 Å². The zero-order valence-electron chi connectivity index (χ0n) is 10.2. The highest BCUT2D eigenvalue weighted by atomic mass is 16.3. The van der Waals surface area contributed by atoms with Crippen LogP contribution in [0, 0.1) is 12.3 Å². The Morgan fingerprint density at radius 1 is 1.38 bits per heavy atom. The fraction of sp³-hybridized carbons (Fsp3) is 0.571. The van der Waals surface area contributed by atoms with E-state index < -0.39 is 5.60 Å². The lowest BCUT2D eigenvalue weighted by atomic mass is 9.57. The van der Waals surface area contributed by atoms with Gasteiger partial charge >= 0.3 is 0 Å². The molecule has 1 aliphatic rings. The molecular formula is C14H21NO. The summed E-state index contributed by atoms with van der Waals surface area (Å²) in [6.07, 6.45) is 3.24. The Bertz CT molecular complexity index is 375. The molecule has 0 bridgehead atoms. The predicted molar refractivity (Wildman–Crippen MR) is 66.1 cm³/mol. The molecule has 1 aliphatic carbocycles. The van der Waals surface area contributed by atoms with Crippen molar-refractivity contribution in [2.75, 3.05) is 6.54 Å². The molecule has 0 amide bonds. The topological polar surface area (TPSA) is 46.2 Å². The van der Waals surface area contributed by atoms with Crippen LogP contribution in [0.2, 0.25) is 0 Å². The average molecular weight is 219 g/mol. The standard InChI is InChI=1S/C14H21NO/c1-11-6-3-4-7-12(11)13(2,16)14(10-15)8-5-9-14/h3-4,6-7,16H,5,8-10,15H2,1-2H3. The van der Waals surface area contributed by atoms with Crippen LogP contribution in [0.5, 0.6) is 0 Å². The molecule has 2 rings (SSSR count). The SMILES string of the molecule is Cc1ccccc1C(C)(O)C1(CN)CCC1. The van der Waals surface area contributed by atoms with Gasteiger partial charge in [-0.2, -0.15) is 0 Å². The fourth-order valence-electron chi connectivity index (χ4n) is 2.90. The number of rotatable bonds is 3.